The largest absolute Gasteiger partial charge is 0.508 e. The number of nitrogens with zero attached hydrogens (tertiary/aromatic N) is 1. The Morgan fingerprint density at radius 1 is 1.30 bits per heavy atom. The predicted molar refractivity (Wildman–Crippen MR) is 81.9 cm³/mol. The van der Waals surface area contributed by atoms with Gasteiger partial charge in [-0.1, -0.05) is 19.1 Å². The van der Waals surface area contributed by atoms with Crippen molar-refractivity contribution in [3.63, 3.8) is 0 Å². The number of rotatable bonds is 4. The lowest BCUT2D eigenvalue weighted by Gasteiger charge is -2.32. The Balaban J connectivity index is 1.67. The molecule has 1 aromatic carbocycles. The summed E-state index contributed by atoms with van der Waals surface area (Å²) in [7, 11) is 0. The quantitative estimate of drug-likeness (QED) is 0.884. The van der Waals surface area contributed by atoms with Crippen molar-refractivity contribution in [3.8, 4) is 5.75 Å². The predicted octanol–water partition coefficient (Wildman–Crippen LogP) is 2.25. The van der Waals surface area contributed by atoms with E-state index in [4.69, 9.17) is 0 Å². The number of benzene rings is 1. The Morgan fingerprint density at radius 2 is 2.05 bits per heavy atom. The van der Waals surface area contributed by atoms with Crippen LogP contribution in [-0.2, 0) is 6.42 Å². The maximum absolute atomic E-state index is 9.37. The summed E-state index contributed by atoms with van der Waals surface area (Å²) in [5.74, 6) is 2.05. The maximum atomic E-state index is 9.37. The van der Waals surface area contributed by atoms with Crippen molar-refractivity contribution in [1.82, 2.24) is 10.2 Å². The van der Waals surface area contributed by atoms with Crippen molar-refractivity contribution >= 4 is 0 Å². The lowest BCUT2D eigenvalue weighted by Crippen LogP contribution is -2.42. The van der Waals surface area contributed by atoms with Crippen LogP contribution in [0.15, 0.2) is 24.3 Å². The first kappa shape index (κ1) is 13.9. The Bertz CT molecular complexity index is 445. The second-order valence-electron chi connectivity index (χ2n) is 6.47. The minimum atomic E-state index is 0.356. The molecule has 2 fully saturated rings. The lowest BCUT2D eigenvalue weighted by atomic mass is 9.92. The number of nitrogens with one attached hydrogen (secondary N) is 1. The summed E-state index contributed by atoms with van der Waals surface area (Å²) in [4.78, 5) is 2.73. The fourth-order valence-corrected chi connectivity index (χ4v) is 4.19. The molecule has 0 radical (unpaired) electrons. The third-order valence-electron chi connectivity index (χ3n) is 5.21. The van der Waals surface area contributed by atoms with Gasteiger partial charge in [-0.05, 0) is 62.4 Å². The molecule has 3 rings (SSSR count). The van der Waals surface area contributed by atoms with E-state index < -0.39 is 0 Å². The van der Waals surface area contributed by atoms with Gasteiger partial charge in [0.25, 0.3) is 0 Å². The molecule has 4 atom stereocenters. The molecule has 0 aromatic heterocycles. The number of likely N-dealkylation sites (tertiary alicyclic amines) is 1. The second kappa shape index (κ2) is 5.74. The van der Waals surface area contributed by atoms with Gasteiger partial charge in [0.15, 0.2) is 0 Å². The molecule has 3 heteroatoms. The monoisotopic (exact) mass is 274 g/mol. The van der Waals surface area contributed by atoms with E-state index >= 15 is 0 Å². The van der Waals surface area contributed by atoms with Crippen molar-refractivity contribution < 1.29 is 5.11 Å². The van der Waals surface area contributed by atoms with Crippen molar-refractivity contribution in [2.45, 2.75) is 38.8 Å². The molecular formula is C17H26N2O. The van der Waals surface area contributed by atoms with E-state index in [0.29, 0.717) is 11.8 Å². The molecule has 0 amide bonds. The standard InChI is InChI=1S/C17H26N2O/c1-3-17-16-10-18-9-14(16)11-19(17)12(2)8-13-4-6-15(20)7-5-13/h4-7,12,14,16-18,20H,3,8-11H2,1-2H3. The minimum absolute atomic E-state index is 0.356. The van der Waals surface area contributed by atoms with E-state index in [9.17, 15) is 5.11 Å². The molecule has 2 aliphatic heterocycles. The van der Waals surface area contributed by atoms with Crippen LogP contribution in [0.5, 0.6) is 5.75 Å². The van der Waals surface area contributed by atoms with E-state index in [1.54, 1.807) is 12.1 Å². The highest BCUT2D eigenvalue weighted by atomic mass is 16.3. The Hall–Kier alpha value is -1.06. The van der Waals surface area contributed by atoms with Gasteiger partial charge in [0.05, 0.1) is 0 Å². The molecule has 2 N–H and O–H groups in total. The van der Waals surface area contributed by atoms with Gasteiger partial charge in [-0.2, -0.15) is 0 Å². The molecule has 2 saturated heterocycles. The highest BCUT2D eigenvalue weighted by Gasteiger charge is 2.44. The van der Waals surface area contributed by atoms with Crippen LogP contribution in [-0.4, -0.2) is 41.7 Å². The number of fused-ring (bicyclic) bond motifs is 1. The molecule has 110 valence electrons. The van der Waals surface area contributed by atoms with Gasteiger partial charge in [-0.25, -0.2) is 0 Å². The topological polar surface area (TPSA) is 35.5 Å². The van der Waals surface area contributed by atoms with Crippen molar-refractivity contribution in [1.29, 1.82) is 0 Å². The van der Waals surface area contributed by atoms with Gasteiger partial charge in [-0.15, -0.1) is 0 Å². The van der Waals surface area contributed by atoms with E-state index in [2.05, 4.69) is 24.1 Å². The van der Waals surface area contributed by atoms with Crippen LogP contribution in [0.2, 0.25) is 0 Å². The zero-order chi connectivity index (χ0) is 14.1. The zero-order valence-electron chi connectivity index (χ0n) is 12.5. The molecule has 2 aliphatic rings. The van der Waals surface area contributed by atoms with Crippen LogP contribution in [0.1, 0.15) is 25.8 Å². The van der Waals surface area contributed by atoms with Gasteiger partial charge in [-0.3, -0.25) is 4.90 Å². The normalized spacial score (nSPS) is 31.4. The molecule has 3 nitrogen and oxygen atoms in total. The van der Waals surface area contributed by atoms with Gasteiger partial charge in [0.2, 0.25) is 0 Å². The molecule has 4 unspecified atom stereocenters. The average molecular weight is 274 g/mol. The molecule has 0 spiro atoms. The van der Waals surface area contributed by atoms with Gasteiger partial charge < -0.3 is 10.4 Å². The van der Waals surface area contributed by atoms with Crippen molar-refractivity contribution in [2.75, 3.05) is 19.6 Å². The summed E-state index contributed by atoms with van der Waals surface area (Å²) in [6.45, 7) is 8.32. The highest BCUT2D eigenvalue weighted by Crippen LogP contribution is 2.36. The summed E-state index contributed by atoms with van der Waals surface area (Å²) in [5, 5.41) is 12.9. The Morgan fingerprint density at radius 3 is 2.75 bits per heavy atom. The molecule has 0 aliphatic carbocycles. The number of aromatic hydroxyl groups is 1. The zero-order valence-corrected chi connectivity index (χ0v) is 12.5. The molecule has 0 saturated carbocycles. The summed E-state index contributed by atoms with van der Waals surface area (Å²) < 4.78 is 0. The lowest BCUT2D eigenvalue weighted by molar-refractivity contribution is 0.164. The summed E-state index contributed by atoms with van der Waals surface area (Å²) >= 11 is 0. The fraction of sp³-hybridized carbons (Fsp3) is 0.647. The summed E-state index contributed by atoms with van der Waals surface area (Å²) in [6, 6.07) is 9.00. The van der Waals surface area contributed by atoms with Crippen molar-refractivity contribution in [2.24, 2.45) is 11.8 Å². The van der Waals surface area contributed by atoms with Gasteiger partial charge in [0, 0.05) is 18.6 Å². The third-order valence-corrected chi connectivity index (χ3v) is 5.21. The Kier molecular flexibility index (Phi) is 3.99. The van der Waals surface area contributed by atoms with E-state index in [-0.39, 0.29) is 0 Å². The highest BCUT2D eigenvalue weighted by molar-refractivity contribution is 5.26. The van der Waals surface area contributed by atoms with Crippen LogP contribution < -0.4 is 5.32 Å². The average Bonchev–Trinajstić information content (AvgIpc) is 3.01. The van der Waals surface area contributed by atoms with Gasteiger partial charge >= 0.3 is 0 Å². The van der Waals surface area contributed by atoms with Crippen LogP contribution in [0, 0.1) is 11.8 Å². The van der Waals surface area contributed by atoms with Crippen LogP contribution in [0.25, 0.3) is 0 Å². The van der Waals surface area contributed by atoms with E-state index in [1.807, 2.05) is 12.1 Å². The van der Waals surface area contributed by atoms with Gasteiger partial charge in [0.1, 0.15) is 5.75 Å². The SMILES string of the molecule is CCC1C2CNCC2CN1C(C)Cc1ccc(O)cc1. The minimum Gasteiger partial charge on any atom is -0.508 e. The van der Waals surface area contributed by atoms with Crippen molar-refractivity contribution in [3.05, 3.63) is 29.8 Å². The smallest absolute Gasteiger partial charge is 0.115 e. The van der Waals surface area contributed by atoms with Crippen LogP contribution in [0.3, 0.4) is 0 Å². The number of hydrogen-bond donors (Lipinski definition) is 2. The molecule has 2 heterocycles. The number of phenolic OH excluding ortho intramolecular Hbond substituents is 1. The Labute approximate surface area is 122 Å². The van der Waals surface area contributed by atoms with E-state index in [0.717, 1.165) is 24.3 Å². The molecule has 20 heavy (non-hydrogen) atoms. The molecule has 1 aromatic rings. The third kappa shape index (κ3) is 2.57. The molecule has 0 bridgehead atoms. The van der Waals surface area contributed by atoms with E-state index in [1.165, 1.54) is 31.6 Å². The molecular weight excluding hydrogens is 248 g/mol. The second-order valence-corrected chi connectivity index (χ2v) is 6.47. The first-order chi connectivity index (χ1) is 9.69. The van der Waals surface area contributed by atoms with Crippen LogP contribution >= 0.6 is 0 Å². The first-order valence-corrected chi connectivity index (χ1v) is 7.93. The summed E-state index contributed by atoms with van der Waals surface area (Å²) in [5.41, 5.74) is 1.32. The maximum Gasteiger partial charge on any atom is 0.115 e. The fourth-order valence-electron chi connectivity index (χ4n) is 4.19. The first-order valence-electron chi connectivity index (χ1n) is 7.93. The van der Waals surface area contributed by atoms with Crippen LogP contribution in [0.4, 0.5) is 0 Å². The number of hydrogen-bond acceptors (Lipinski definition) is 3. The number of phenols is 1. The summed E-state index contributed by atoms with van der Waals surface area (Å²) in [6.07, 6.45) is 2.33.